The number of allylic oxidation sites excluding steroid dienone is 1. The lowest BCUT2D eigenvalue weighted by atomic mass is 10.2. The van der Waals surface area contributed by atoms with Crippen LogP contribution in [0.5, 0.6) is 0 Å². The molecule has 0 atom stereocenters. The molecule has 1 rings (SSSR count). The zero-order chi connectivity index (χ0) is 11.6. The van der Waals surface area contributed by atoms with Crippen LogP contribution in [0.2, 0.25) is 0 Å². The van der Waals surface area contributed by atoms with Crippen LogP contribution in [-0.2, 0) is 16.1 Å². The molecule has 3 nitrogen and oxygen atoms in total. The van der Waals surface area contributed by atoms with E-state index in [4.69, 9.17) is 4.74 Å². The van der Waals surface area contributed by atoms with Gasteiger partial charge in [-0.15, -0.1) is 0 Å². The smallest absolute Gasteiger partial charge is 0.330 e. The van der Waals surface area contributed by atoms with Crippen molar-refractivity contribution in [3.8, 4) is 0 Å². The lowest BCUT2D eigenvalue weighted by Crippen LogP contribution is -1.98. The third kappa shape index (κ3) is 5.10. The van der Waals surface area contributed by atoms with Crippen molar-refractivity contribution in [3.05, 3.63) is 48.0 Å². The summed E-state index contributed by atoms with van der Waals surface area (Å²) in [6, 6.07) is 9.92. The number of rotatable bonds is 5. The van der Waals surface area contributed by atoms with Crippen LogP contribution in [0.1, 0.15) is 12.5 Å². The van der Waals surface area contributed by atoms with Gasteiger partial charge in [-0.3, -0.25) is 4.99 Å². The molecule has 0 aliphatic heterocycles. The van der Waals surface area contributed by atoms with E-state index in [0.717, 1.165) is 5.56 Å². The van der Waals surface area contributed by atoms with Crippen LogP contribution in [0, 0.1) is 0 Å². The first kappa shape index (κ1) is 12.2. The summed E-state index contributed by atoms with van der Waals surface area (Å²) in [5.74, 6) is -0.339. The van der Waals surface area contributed by atoms with E-state index in [1.807, 2.05) is 30.3 Å². The molecule has 16 heavy (non-hydrogen) atoms. The van der Waals surface area contributed by atoms with Gasteiger partial charge in [0.1, 0.15) is 0 Å². The number of carbonyl (C=O) groups excluding carboxylic acids is 1. The van der Waals surface area contributed by atoms with Crippen LogP contribution in [-0.4, -0.2) is 18.8 Å². The first-order valence-corrected chi connectivity index (χ1v) is 5.20. The molecule has 0 radical (unpaired) electrons. The molecular weight excluding hydrogens is 202 g/mol. The minimum absolute atomic E-state index is 0.339. The van der Waals surface area contributed by atoms with E-state index in [0.29, 0.717) is 13.2 Å². The molecule has 0 bridgehead atoms. The maximum absolute atomic E-state index is 10.9. The number of hydrogen-bond acceptors (Lipinski definition) is 3. The fourth-order valence-corrected chi connectivity index (χ4v) is 1.11. The van der Waals surface area contributed by atoms with E-state index in [9.17, 15) is 4.79 Å². The third-order valence-electron chi connectivity index (χ3n) is 1.83. The second-order valence-corrected chi connectivity index (χ2v) is 3.09. The Labute approximate surface area is 95.5 Å². The van der Waals surface area contributed by atoms with Crippen molar-refractivity contribution < 1.29 is 9.53 Å². The molecule has 3 heteroatoms. The molecule has 0 spiro atoms. The van der Waals surface area contributed by atoms with Gasteiger partial charge in [0.25, 0.3) is 0 Å². The summed E-state index contributed by atoms with van der Waals surface area (Å²) in [7, 11) is 0. The number of nitrogens with zero attached hydrogens (tertiary/aromatic N) is 1. The summed E-state index contributed by atoms with van der Waals surface area (Å²) in [5.41, 5.74) is 1.14. The molecule has 0 aromatic heterocycles. The minimum Gasteiger partial charge on any atom is -0.463 e. The molecular formula is C13H15NO2. The molecule has 0 saturated heterocycles. The van der Waals surface area contributed by atoms with E-state index >= 15 is 0 Å². The topological polar surface area (TPSA) is 38.7 Å². The summed E-state index contributed by atoms with van der Waals surface area (Å²) in [4.78, 5) is 15.1. The van der Waals surface area contributed by atoms with E-state index in [2.05, 4.69) is 4.99 Å². The Hall–Kier alpha value is -1.90. The molecule has 0 aliphatic carbocycles. The summed E-state index contributed by atoms with van der Waals surface area (Å²) in [6.07, 6.45) is 4.54. The van der Waals surface area contributed by atoms with Crippen molar-refractivity contribution >= 4 is 12.2 Å². The Bertz CT molecular complexity index is 369. The summed E-state index contributed by atoms with van der Waals surface area (Å²) < 4.78 is 4.72. The molecule has 0 fully saturated rings. The SMILES string of the molecule is CCOC(=O)/C=C/C=NCc1ccccc1. The van der Waals surface area contributed by atoms with Crippen molar-refractivity contribution in [2.24, 2.45) is 4.99 Å². The van der Waals surface area contributed by atoms with Crippen LogP contribution < -0.4 is 0 Å². The second-order valence-electron chi connectivity index (χ2n) is 3.09. The second kappa shape index (κ2) is 7.40. The molecule has 0 heterocycles. The highest BCUT2D eigenvalue weighted by Crippen LogP contribution is 1.99. The lowest BCUT2D eigenvalue weighted by molar-refractivity contribution is -0.137. The summed E-state index contributed by atoms with van der Waals surface area (Å²) in [5, 5.41) is 0. The van der Waals surface area contributed by atoms with Gasteiger partial charge in [-0.05, 0) is 18.6 Å². The largest absolute Gasteiger partial charge is 0.463 e. The lowest BCUT2D eigenvalue weighted by Gasteiger charge is -1.93. The molecule has 84 valence electrons. The van der Waals surface area contributed by atoms with Gasteiger partial charge in [0.2, 0.25) is 0 Å². The summed E-state index contributed by atoms with van der Waals surface area (Å²) in [6.45, 7) is 2.79. The van der Waals surface area contributed by atoms with Crippen LogP contribution in [0.3, 0.4) is 0 Å². The highest BCUT2D eigenvalue weighted by Gasteiger charge is 1.90. The van der Waals surface area contributed by atoms with Crippen LogP contribution in [0.4, 0.5) is 0 Å². The fraction of sp³-hybridized carbons (Fsp3) is 0.231. The zero-order valence-electron chi connectivity index (χ0n) is 9.30. The molecule has 0 unspecified atom stereocenters. The molecule has 1 aromatic rings. The number of hydrogen-bond donors (Lipinski definition) is 0. The Balaban J connectivity index is 2.30. The predicted octanol–water partition coefficient (Wildman–Crippen LogP) is 2.38. The maximum atomic E-state index is 10.9. The number of esters is 1. The van der Waals surface area contributed by atoms with Gasteiger partial charge in [0, 0.05) is 12.3 Å². The minimum atomic E-state index is -0.339. The first-order valence-electron chi connectivity index (χ1n) is 5.20. The van der Waals surface area contributed by atoms with E-state index in [-0.39, 0.29) is 5.97 Å². The van der Waals surface area contributed by atoms with E-state index in [1.165, 1.54) is 6.08 Å². The molecule has 1 aromatic carbocycles. The Morgan fingerprint density at radius 2 is 2.12 bits per heavy atom. The summed E-state index contributed by atoms with van der Waals surface area (Å²) >= 11 is 0. The van der Waals surface area contributed by atoms with Crippen molar-refractivity contribution in [2.45, 2.75) is 13.5 Å². The van der Waals surface area contributed by atoms with E-state index < -0.39 is 0 Å². The van der Waals surface area contributed by atoms with Crippen molar-refractivity contribution in [2.75, 3.05) is 6.61 Å². The van der Waals surface area contributed by atoms with Gasteiger partial charge in [-0.25, -0.2) is 4.79 Å². The van der Waals surface area contributed by atoms with Gasteiger partial charge in [0.05, 0.1) is 13.2 Å². The van der Waals surface area contributed by atoms with Gasteiger partial charge in [-0.2, -0.15) is 0 Å². The quantitative estimate of drug-likeness (QED) is 0.431. The molecule has 0 amide bonds. The van der Waals surface area contributed by atoms with E-state index in [1.54, 1.807) is 19.2 Å². The fourth-order valence-electron chi connectivity index (χ4n) is 1.11. The standard InChI is InChI=1S/C13H15NO2/c1-2-16-13(15)9-6-10-14-11-12-7-4-3-5-8-12/h3-10H,2,11H2,1H3/b9-6+,14-10?. The third-order valence-corrected chi connectivity index (χ3v) is 1.83. The first-order chi connectivity index (χ1) is 7.83. The zero-order valence-corrected chi connectivity index (χ0v) is 9.30. The number of ether oxygens (including phenoxy) is 1. The highest BCUT2D eigenvalue weighted by atomic mass is 16.5. The van der Waals surface area contributed by atoms with Crippen LogP contribution >= 0.6 is 0 Å². The Morgan fingerprint density at radius 1 is 1.38 bits per heavy atom. The average Bonchev–Trinajstić information content (AvgIpc) is 2.30. The van der Waals surface area contributed by atoms with Gasteiger partial charge >= 0.3 is 5.97 Å². The maximum Gasteiger partial charge on any atom is 0.330 e. The Kier molecular flexibility index (Phi) is 5.63. The molecule has 0 saturated carbocycles. The van der Waals surface area contributed by atoms with Crippen molar-refractivity contribution in [1.29, 1.82) is 0 Å². The highest BCUT2D eigenvalue weighted by molar-refractivity contribution is 5.87. The number of aliphatic imine (C=N–C) groups is 1. The average molecular weight is 217 g/mol. The van der Waals surface area contributed by atoms with Gasteiger partial charge in [0.15, 0.2) is 0 Å². The number of benzene rings is 1. The van der Waals surface area contributed by atoms with Gasteiger partial charge < -0.3 is 4.74 Å². The monoisotopic (exact) mass is 217 g/mol. The van der Waals surface area contributed by atoms with Crippen molar-refractivity contribution in [3.63, 3.8) is 0 Å². The Morgan fingerprint density at radius 3 is 2.81 bits per heavy atom. The number of carbonyl (C=O) groups is 1. The molecule has 0 N–H and O–H groups in total. The van der Waals surface area contributed by atoms with Crippen molar-refractivity contribution in [1.82, 2.24) is 0 Å². The van der Waals surface area contributed by atoms with Crippen LogP contribution in [0.15, 0.2) is 47.5 Å². The van der Waals surface area contributed by atoms with Gasteiger partial charge in [-0.1, -0.05) is 30.3 Å². The van der Waals surface area contributed by atoms with Crippen LogP contribution in [0.25, 0.3) is 0 Å². The molecule has 0 aliphatic rings. The predicted molar refractivity (Wildman–Crippen MR) is 64.4 cm³/mol. The normalized spacial score (nSPS) is 11.1.